The largest absolute Gasteiger partial charge is 0.481 e. The van der Waals surface area contributed by atoms with Crippen LogP contribution in [-0.2, 0) is 14.3 Å². The number of rotatable bonds is 6. The maximum absolute atomic E-state index is 12.5. The number of benzene rings is 1. The standard InChI is InChI=1S/C18H22N2O5/c21-15(22)11-18(7-3-8-18)20-16(23)12-4-1-5-13(10-12)19-17(24)14-6-2-9-25-14/h1,4-5,10,14H,2-3,6-9,11H2,(H,19,24)(H,20,23)(H,21,22). The summed E-state index contributed by atoms with van der Waals surface area (Å²) in [5.74, 6) is -1.46. The molecule has 1 aromatic rings. The van der Waals surface area contributed by atoms with Crippen LogP contribution in [0.1, 0.15) is 48.9 Å². The van der Waals surface area contributed by atoms with Crippen molar-refractivity contribution in [3.63, 3.8) is 0 Å². The van der Waals surface area contributed by atoms with Crippen LogP contribution in [0.5, 0.6) is 0 Å². The van der Waals surface area contributed by atoms with Gasteiger partial charge >= 0.3 is 5.97 Å². The SMILES string of the molecule is O=C(O)CC1(NC(=O)c2cccc(NC(=O)C3CCCO3)c2)CCC1. The summed E-state index contributed by atoms with van der Waals surface area (Å²) in [4.78, 5) is 35.6. The van der Waals surface area contributed by atoms with Crippen molar-refractivity contribution in [2.75, 3.05) is 11.9 Å². The van der Waals surface area contributed by atoms with Gasteiger partial charge in [0.15, 0.2) is 0 Å². The van der Waals surface area contributed by atoms with E-state index in [9.17, 15) is 14.4 Å². The van der Waals surface area contributed by atoms with Gasteiger partial charge in [0, 0.05) is 17.9 Å². The van der Waals surface area contributed by atoms with E-state index in [1.165, 1.54) is 0 Å². The third kappa shape index (κ3) is 4.17. The first kappa shape index (κ1) is 17.4. The summed E-state index contributed by atoms with van der Waals surface area (Å²) < 4.78 is 5.34. The van der Waals surface area contributed by atoms with Gasteiger partial charge in [-0.1, -0.05) is 6.07 Å². The molecule has 1 aromatic carbocycles. The van der Waals surface area contributed by atoms with Crippen LogP contribution in [-0.4, -0.2) is 41.1 Å². The first-order valence-electron chi connectivity index (χ1n) is 8.54. The van der Waals surface area contributed by atoms with Gasteiger partial charge < -0.3 is 20.5 Å². The van der Waals surface area contributed by atoms with E-state index in [1.807, 2.05) is 0 Å². The molecule has 0 spiro atoms. The maximum Gasteiger partial charge on any atom is 0.305 e. The molecule has 1 heterocycles. The predicted molar refractivity (Wildman–Crippen MR) is 90.3 cm³/mol. The molecular weight excluding hydrogens is 324 g/mol. The van der Waals surface area contributed by atoms with Crippen LogP contribution < -0.4 is 10.6 Å². The van der Waals surface area contributed by atoms with E-state index in [0.717, 1.165) is 12.8 Å². The zero-order chi connectivity index (χ0) is 17.9. The number of hydrogen-bond donors (Lipinski definition) is 3. The minimum atomic E-state index is -0.919. The average molecular weight is 346 g/mol. The van der Waals surface area contributed by atoms with Gasteiger partial charge in [-0.2, -0.15) is 0 Å². The van der Waals surface area contributed by atoms with E-state index in [4.69, 9.17) is 9.84 Å². The molecule has 1 saturated heterocycles. The number of aliphatic carboxylic acids is 1. The van der Waals surface area contributed by atoms with Crippen molar-refractivity contribution in [2.45, 2.75) is 50.2 Å². The van der Waals surface area contributed by atoms with Crippen LogP contribution in [0.15, 0.2) is 24.3 Å². The number of anilines is 1. The fourth-order valence-corrected chi connectivity index (χ4v) is 3.30. The van der Waals surface area contributed by atoms with E-state index in [1.54, 1.807) is 24.3 Å². The third-order valence-electron chi connectivity index (χ3n) is 4.79. The number of ether oxygens (including phenoxy) is 1. The highest BCUT2D eigenvalue weighted by atomic mass is 16.5. The maximum atomic E-state index is 12.5. The Bertz CT molecular complexity index is 678. The molecule has 3 N–H and O–H groups in total. The number of nitrogens with one attached hydrogen (secondary N) is 2. The molecule has 7 heteroatoms. The minimum absolute atomic E-state index is 0.0752. The molecule has 2 amide bonds. The summed E-state index contributed by atoms with van der Waals surface area (Å²) in [5.41, 5.74) is 0.260. The molecule has 134 valence electrons. The smallest absolute Gasteiger partial charge is 0.305 e. The van der Waals surface area contributed by atoms with Crippen molar-refractivity contribution in [2.24, 2.45) is 0 Å². The van der Waals surface area contributed by atoms with Crippen molar-refractivity contribution in [1.82, 2.24) is 5.32 Å². The Labute approximate surface area is 145 Å². The molecule has 1 aliphatic heterocycles. The second kappa shape index (κ2) is 7.23. The van der Waals surface area contributed by atoms with E-state index < -0.39 is 17.6 Å². The van der Waals surface area contributed by atoms with Crippen LogP contribution in [0.3, 0.4) is 0 Å². The number of amides is 2. The number of carboxylic acids is 1. The third-order valence-corrected chi connectivity index (χ3v) is 4.79. The lowest BCUT2D eigenvalue weighted by molar-refractivity contribution is -0.139. The normalized spacial score (nSPS) is 21.2. The summed E-state index contributed by atoms with van der Waals surface area (Å²) in [6.45, 7) is 0.589. The van der Waals surface area contributed by atoms with E-state index >= 15 is 0 Å². The first-order chi connectivity index (χ1) is 12.0. The number of carbonyl (C=O) groups is 3. The van der Waals surface area contributed by atoms with E-state index in [2.05, 4.69) is 10.6 Å². The van der Waals surface area contributed by atoms with Crippen molar-refractivity contribution >= 4 is 23.5 Å². The topological polar surface area (TPSA) is 105 Å². The highest BCUT2D eigenvalue weighted by Crippen LogP contribution is 2.35. The Hall–Kier alpha value is -2.41. The van der Waals surface area contributed by atoms with Crippen LogP contribution in [0.25, 0.3) is 0 Å². The molecule has 1 unspecified atom stereocenters. The fraction of sp³-hybridized carbons (Fsp3) is 0.500. The minimum Gasteiger partial charge on any atom is -0.481 e. The van der Waals surface area contributed by atoms with Gasteiger partial charge in [-0.25, -0.2) is 0 Å². The molecule has 1 atom stereocenters. The second-order valence-electron chi connectivity index (χ2n) is 6.73. The van der Waals surface area contributed by atoms with Gasteiger partial charge in [0.2, 0.25) is 0 Å². The van der Waals surface area contributed by atoms with Crippen LogP contribution in [0.4, 0.5) is 5.69 Å². The Morgan fingerprint density at radius 2 is 2.04 bits per heavy atom. The van der Waals surface area contributed by atoms with E-state index in [-0.39, 0.29) is 18.2 Å². The molecule has 0 bridgehead atoms. The first-order valence-corrected chi connectivity index (χ1v) is 8.54. The van der Waals surface area contributed by atoms with E-state index in [0.29, 0.717) is 37.1 Å². The quantitative estimate of drug-likeness (QED) is 0.730. The van der Waals surface area contributed by atoms with Gasteiger partial charge in [0.05, 0.1) is 12.0 Å². The van der Waals surface area contributed by atoms with Crippen LogP contribution in [0.2, 0.25) is 0 Å². The Morgan fingerprint density at radius 3 is 2.64 bits per heavy atom. The lowest BCUT2D eigenvalue weighted by Gasteiger charge is -2.41. The molecule has 2 aliphatic rings. The molecule has 0 aromatic heterocycles. The monoisotopic (exact) mass is 346 g/mol. The fourth-order valence-electron chi connectivity index (χ4n) is 3.30. The average Bonchev–Trinajstić information content (AvgIpc) is 3.07. The molecule has 1 aliphatic carbocycles. The van der Waals surface area contributed by atoms with Gasteiger partial charge in [0.1, 0.15) is 6.10 Å². The summed E-state index contributed by atoms with van der Waals surface area (Å²) >= 11 is 0. The Morgan fingerprint density at radius 1 is 1.24 bits per heavy atom. The van der Waals surface area contributed by atoms with Crippen molar-refractivity contribution < 1.29 is 24.2 Å². The predicted octanol–water partition coefficient (Wildman–Crippen LogP) is 1.93. The van der Waals surface area contributed by atoms with Crippen LogP contribution in [0, 0.1) is 0 Å². The summed E-state index contributed by atoms with van der Waals surface area (Å²) in [5, 5.41) is 14.7. The highest BCUT2D eigenvalue weighted by molar-refractivity contribution is 5.98. The van der Waals surface area contributed by atoms with Gasteiger partial charge in [-0.3, -0.25) is 14.4 Å². The van der Waals surface area contributed by atoms with Gasteiger partial charge in [0.25, 0.3) is 11.8 Å². The molecular formula is C18H22N2O5. The highest BCUT2D eigenvalue weighted by Gasteiger charge is 2.40. The van der Waals surface area contributed by atoms with Crippen molar-refractivity contribution in [3.05, 3.63) is 29.8 Å². The number of hydrogen-bond acceptors (Lipinski definition) is 4. The lowest BCUT2D eigenvalue weighted by Crippen LogP contribution is -2.54. The molecule has 25 heavy (non-hydrogen) atoms. The molecule has 3 rings (SSSR count). The Balaban J connectivity index is 1.65. The molecule has 0 radical (unpaired) electrons. The van der Waals surface area contributed by atoms with Crippen molar-refractivity contribution in [3.8, 4) is 0 Å². The molecule has 1 saturated carbocycles. The summed E-state index contributed by atoms with van der Waals surface area (Å²) in [6.07, 6.45) is 3.29. The number of carboxylic acid groups (broad SMARTS) is 1. The van der Waals surface area contributed by atoms with Gasteiger partial charge in [-0.15, -0.1) is 0 Å². The lowest BCUT2D eigenvalue weighted by atomic mass is 9.74. The zero-order valence-corrected chi connectivity index (χ0v) is 13.9. The van der Waals surface area contributed by atoms with Crippen molar-refractivity contribution in [1.29, 1.82) is 0 Å². The van der Waals surface area contributed by atoms with Gasteiger partial charge in [-0.05, 0) is 50.3 Å². The zero-order valence-electron chi connectivity index (χ0n) is 13.9. The van der Waals surface area contributed by atoms with Crippen LogP contribution >= 0.6 is 0 Å². The number of carbonyl (C=O) groups excluding carboxylic acids is 2. The summed E-state index contributed by atoms with van der Waals surface area (Å²) in [7, 11) is 0. The second-order valence-corrected chi connectivity index (χ2v) is 6.73. The Kier molecular flexibility index (Phi) is 5.03. The molecule has 2 fully saturated rings. The molecule has 7 nitrogen and oxygen atoms in total. The summed E-state index contributed by atoms with van der Waals surface area (Å²) in [6, 6.07) is 6.63.